The summed E-state index contributed by atoms with van der Waals surface area (Å²) in [5.74, 6) is 0.754. The molecule has 0 spiro atoms. The van der Waals surface area contributed by atoms with Crippen LogP contribution >= 0.6 is 0 Å². The minimum Gasteiger partial charge on any atom is -0.453 e. The Labute approximate surface area is 191 Å². The van der Waals surface area contributed by atoms with Gasteiger partial charge < -0.3 is 19.9 Å². The van der Waals surface area contributed by atoms with Gasteiger partial charge in [0.05, 0.1) is 31.1 Å². The van der Waals surface area contributed by atoms with Gasteiger partial charge in [-0.05, 0) is 51.8 Å². The zero-order valence-corrected chi connectivity index (χ0v) is 19.1. The van der Waals surface area contributed by atoms with E-state index in [1.807, 2.05) is 4.90 Å². The molecule has 0 radical (unpaired) electrons. The van der Waals surface area contributed by atoms with Gasteiger partial charge in [0.1, 0.15) is 0 Å². The van der Waals surface area contributed by atoms with E-state index in [-0.39, 0.29) is 17.7 Å². The van der Waals surface area contributed by atoms with E-state index in [2.05, 4.69) is 15.0 Å². The molecule has 5 heterocycles. The van der Waals surface area contributed by atoms with Gasteiger partial charge in [0.15, 0.2) is 5.82 Å². The molecular formula is C23H30F2N6O2. The van der Waals surface area contributed by atoms with Gasteiger partial charge in [0.2, 0.25) is 0 Å². The maximum absolute atomic E-state index is 13.7. The molecule has 1 amide bonds. The number of alkyl halides is 2. The van der Waals surface area contributed by atoms with Crippen LogP contribution in [0.15, 0.2) is 6.07 Å². The average Bonchev–Trinajstić information content (AvgIpc) is 3.21. The number of piperidine rings is 1. The lowest BCUT2D eigenvalue weighted by Gasteiger charge is -2.32. The standard InChI is InChI=1S/C23H30F2N6O2/c1-14-16(21(24)25)12-20-18(27-14)4-3-10-30(20)22-17-13-29(23(32)33-2)11-7-19(17)31(28-22)15-5-8-26-9-6-15/h12,15,21,26H,3-11,13H2,1-2H3. The normalized spacial score (nSPS) is 18.9. The van der Waals surface area contributed by atoms with Crippen molar-refractivity contribution in [1.29, 1.82) is 0 Å². The molecule has 1 N–H and O–H groups in total. The molecule has 2 aromatic heterocycles. The first-order valence-corrected chi connectivity index (χ1v) is 11.7. The first-order chi connectivity index (χ1) is 16.0. The van der Waals surface area contributed by atoms with Crippen molar-refractivity contribution in [2.45, 2.75) is 58.0 Å². The molecule has 178 valence electrons. The summed E-state index contributed by atoms with van der Waals surface area (Å²) >= 11 is 0. The number of nitrogens with zero attached hydrogens (tertiary/aromatic N) is 5. The molecule has 33 heavy (non-hydrogen) atoms. The van der Waals surface area contributed by atoms with Gasteiger partial charge in [0.25, 0.3) is 6.43 Å². The number of hydrogen-bond acceptors (Lipinski definition) is 6. The van der Waals surface area contributed by atoms with Crippen molar-refractivity contribution >= 4 is 17.6 Å². The summed E-state index contributed by atoms with van der Waals surface area (Å²) in [6, 6.07) is 1.87. The van der Waals surface area contributed by atoms with Crippen LogP contribution in [0.3, 0.4) is 0 Å². The molecule has 1 fully saturated rings. The van der Waals surface area contributed by atoms with Crippen LogP contribution in [0.5, 0.6) is 0 Å². The number of anilines is 2. The summed E-state index contributed by atoms with van der Waals surface area (Å²) in [6.45, 7) is 5.17. The van der Waals surface area contributed by atoms with Crippen molar-refractivity contribution in [3.05, 3.63) is 34.3 Å². The molecule has 0 aliphatic carbocycles. The fourth-order valence-corrected chi connectivity index (χ4v) is 5.33. The Bertz CT molecular complexity index is 1050. The number of halogens is 2. The minimum absolute atomic E-state index is 0.0384. The van der Waals surface area contributed by atoms with E-state index in [0.717, 1.165) is 61.5 Å². The second-order valence-corrected chi connectivity index (χ2v) is 9.00. The van der Waals surface area contributed by atoms with Crippen LogP contribution in [-0.4, -0.2) is 59.0 Å². The number of amides is 1. The SMILES string of the molecule is COC(=O)N1CCc2c(c(N3CCCc4nc(C)c(C(F)F)cc43)nn2C2CCNCC2)C1. The fourth-order valence-electron chi connectivity index (χ4n) is 5.33. The smallest absolute Gasteiger partial charge is 0.409 e. The monoisotopic (exact) mass is 460 g/mol. The number of hydrogen-bond donors (Lipinski definition) is 1. The zero-order chi connectivity index (χ0) is 23.1. The fraction of sp³-hybridized carbons (Fsp3) is 0.609. The second kappa shape index (κ2) is 8.89. The molecule has 0 unspecified atom stereocenters. The van der Waals surface area contributed by atoms with Crippen molar-refractivity contribution in [3.63, 3.8) is 0 Å². The van der Waals surface area contributed by atoms with E-state index in [1.54, 1.807) is 17.9 Å². The Balaban J connectivity index is 1.61. The Morgan fingerprint density at radius 2 is 2.03 bits per heavy atom. The number of aromatic nitrogens is 3. The zero-order valence-electron chi connectivity index (χ0n) is 19.1. The number of aryl methyl sites for hydroxylation is 2. The summed E-state index contributed by atoms with van der Waals surface area (Å²) in [5, 5.41) is 8.47. The van der Waals surface area contributed by atoms with E-state index in [0.29, 0.717) is 37.4 Å². The van der Waals surface area contributed by atoms with Gasteiger partial charge in [-0.3, -0.25) is 9.67 Å². The first kappa shape index (κ1) is 22.1. The molecule has 5 rings (SSSR count). The second-order valence-electron chi connectivity index (χ2n) is 9.00. The van der Waals surface area contributed by atoms with Crippen molar-refractivity contribution in [2.24, 2.45) is 0 Å². The molecule has 3 aliphatic heterocycles. The number of methoxy groups -OCH3 is 1. The van der Waals surface area contributed by atoms with E-state index < -0.39 is 6.43 Å². The van der Waals surface area contributed by atoms with Gasteiger partial charge in [0, 0.05) is 42.0 Å². The van der Waals surface area contributed by atoms with Crippen LogP contribution in [0.25, 0.3) is 0 Å². The van der Waals surface area contributed by atoms with E-state index in [4.69, 9.17) is 9.84 Å². The van der Waals surface area contributed by atoms with Gasteiger partial charge in [-0.1, -0.05) is 0 Å². The molecule has 0 saturated carbocycles. The highest BCUT2D eigenvalue weighted by Gasteiger charge is 2.34. The highest BCUT2D eigenvalue weighted by molar-refractivity contribution is 5.71. The van der Waals surface area contributed by atoms with E-state index in [1.165, 1.54) is 7.11 Å². The predicted molar refractivity (Wildman–Crippen MR) is 119 cm³/mol. The maximum Gasteiger partial charge on any atom is 0.409 e. The topological polar surface area (TPSA) is 75.5 Å². The van der Waals surface area contributed by atoms with Crippen LogP contribution in [0.1, 0.15) is 59.9 Å². The number of nitrogens with one attached hydrogen (secondary N) is 1. The molecule has 3 aliphatic rings. The summed E-state index contributed by atoms with van der Waals surface area (Å²) in [7, 11) is 1.39. The number of carbonyl (C=O) groups is 1. The molecule has 10 heteroatoms. The summed E-state index contributed by atoms with van der Waals surface area (Å²) in [5.41, 5.74) is 3.99. The van der Waals surface area contributed by atoms with Crippen molar-refractivity contribution in [2.75, 3.05) is 38.2 Å². The predicted octanol–water partition coefficient (Wildman–Crippen LogP) is 3.66. The lowest BCUT2D eigenvalue weighted by Crippen LogP contribution is -2.37. The van der Waals surface area contributed by atoms with Crippen molar-refractivity contribution in [3.8, 4) is 0 Å². The number of pyridine rings is 1. The molecule has 0 aromatic carbocycles. The minimum atomic E-state index is -2.58. The number of rotatable bonds is 3. The number of carbonyl (C=O) groups excluding carboxylic acids is 1. The number of fused-ring (bicyclic) bond motifs is 2. The van der Waals surface area contributed by atoms with Crippen molar-refractivity contribution < 1.29 is 18.3 Å². The number of ether oxygens (including phenoxy) is 1. The first-order valence-electron chi connectivity index (χ1n) is 11.7. The average molecular weight is 461 g/mol. The summed E-state index contributed by atoms with van der Waals surface area (Å²) < 4.78 is 34.5. The van der Waals surface area contributed by atoms with Crippen LogP contribution < -0.4 is 10.2 Å². The largest absolute Gasteiger partial charge is 0.453 e. The van der Waals surface area contributed by atoms with E-state index >= 15 is 0 Å². The van der Waals surface area contributed by atoms with Crippen LogP contribution in [0, 0.1) is 6.92 Å². The molecule has 1 saturated heterocycles. The van der Waals surface area contributed by atoms with Crippen molar-refractivity contribution in [1.82, 2.24) is 25.0 Å². The van der Waals surface area contributed by atoms with E-state index in [9.17, 15) is 13.6 Å². The summed E-state index contributed by atoms with van der Waals surface area (Å²) in [4.78, 5) is 20.5. The Kier molecular flexibility index (Phi) is 5.94. The lowest BCUT2D eigenvalue weighted by atomic mass is 10.0. The third-order valence-electron chi connectivity index (χ3n) is 7.04. The van der Waals surface area contributed by atoms with Gasteiger partial charge in [-0.15, -0.1) is 0 Å². The van der Waals surface area contributed by atoms with Gasteiger partial charge in [-0.25, -0.2) is 13.6 Å². The Morgan fingerprint density at radius 1 is 1.24 bits per heavy atom. The highest BCUT2D eigenvalue weighted by Crippen LogP contribution is 2.40. The van der Waals surface area contributed by atoms with Crippen LogP contribution in [0.2, 0.25) is 0 Å². The summed E-state index contributed by atoms with van der Waals surface area (Å²) in [6.07, 6.45) is 1.34. The van der Waals surface area contributed by atoms with Gasteiger partial charge in [-0.2, -0.15) is 5.10 Å². The quantitative estimate of drug-likeness (QED) is 0.754. The Hall–Kier alpha value is -2.75. The maximum atomic E-state index is 13.7. The van der Waals surface area contributed by atoms with Gasteiger partial charge >= 0.3 is 6.09 Å². The molecule has 8 nitrogen and oxygen atoms in total. The third kappa shape index (κ3) is 3.94. The molecule has 0 atom stereocenters. The third-order valence-corrected chi connectivity index (χ3v) is 7.04. The molecular weight excluding hydrogens is 430 g/mol. The van der Waals surface area contributed by atoms with Crippen LogP contribution in [0.4, 0.5) is 25.1 Å². The van der Waals surface area contributed by atoms with Crippen LogP contribution in [-0.2, 0) is 24.1 Å². The highest BCUT2D eigenvalue weighted by atomic mass is 19.3. The molecule has 2 aromatic rings. The Morgan fingerprint density at radius 3 is 2.76 bits per heavy atom. The molecule has 0 bridgehead atoms. The lowest BCUT2D eigenvalue weighted by molar-refractivity contribution is 0.118.